The van der Waals surface area contributed by atoms with E-state index in [1.54, 1.807) is 6.07 Å². The van der Waals surface area contributed by atoms with Crippen molar-refractivity contribution in [1.29, 1.82) is 0 Å². The standard InChI is InChI=1S/C7H6BrN3.2ClH/c8-6-3-5(9)4-1-2-10-7(4)11-6;;/h1-3H,(H3,9,10,11);2*1H. The number of hydrogen-bond acceptors (Lipinski definition) is 2. The van der Waals surface area contributed by atoms with E-state index in [2.05, 4.69) is 25.9 Å². The summed E-state index contributed by atoms with van der Waals surface area (Å²) in [5.74, 6) is 0. The number of fused-ring (bicyclic) bond motifs is 1. The topological polar surface area (TPSA) is 54.7 Å². The van der Waals surface area contributed by atoms with Crippen molar-refractivity contribution >= 4 is 57.5 Å². The number of rotatable bonds is 0. The Hall–Kier alpha value is -0.450. The average molecular weight is 285 g/mol. The molecule has 3 nitrogen and oxygen atoms in total. The molecule has 13 heavy (non-hydrogen) atoms. The largest absolute Gasteiger partial charge is 0.398 e. The molecule has 0 aliphatic rings. The van der Waals surface area contributed by atoms with E-state index in [1.165, 1.54) is 0 Å². The van der Waals surface area contributed by atoms with Crippen LogP contribution in [0.15, 0.2) is 22.9 Å². The summed E-state index contributed by atoms with van der Waals surface area (Å²) in [6, 6.07) is 3.69. The summed E-state index contributed by atoms with van der Waals surface area (Å²) in [6.07, 6.45) is 1.82. The minimum absolute atomic E-state index is 0. The summed E-state index contributed by atoms with van der Waals surface area (Å²) in [6.45, 7) is 0. The van der Waals surface area contributed by atoms with Gasteiger partial charge in [-0.1, -0.05) is 0 Å². The van der Waals surface area contributed by atoms with Gasteiger partial charge in [-0.3, -0.25) is 0 Å². The Morgan fingerprint density at radius 3 is 2.77 bits per heavy atom. The third-order valence-corrected chi connectivity index (χ3v) is 1.94. The van der Waals surface area contributed by atoms with Crippen LogP contribution in [0.5, 0.6) is 0 Å². The minimum atomic E-state index is 0. The molecule has 0 spiro atoms. The van der Waals surface area contributed by atoms with Gasteiger partial charge in [-0.15, -0.1) is 24.8 Å². The van der Waals surface area contributed by atoms with Crippen molar-refractivity contribution in [2.75, 3.05) is 5.73 Å². The fourth-order valence-electron chi connectivity index (χ4n) is 1.03. The molecule has 0 aromatic carbocycles. The number of aromatic amines is 1. The molecule has 2 aromatic rings. The second-order valence-electron chi connectivity index (χ2n) is 2.27. The number of aromatic nitrogens is 2. The lowest BCUT2D eigenvalue weighted by Gasteiger charge is -1.95. The van der Waals surface area contributed by atoms with Gasteiger partial charge in [-0.25, -0.2) is 4.98 Å². The van der Waals surface area contributed by atoms with E-state index in [4.69, 9.17) is 5.73 Å². The minimum Gasteiger partial charge on any atom is -0.398 e. The maximum atomic E-state index is 5.71. The first-order valence-corrected chi connectivity index (χ1v) is 3.96. The molecule has 6 heteroatoms. The predicted octanol–water partition coefficient (Wildman–Crippen LogP) is 2.75. The van der Waals surface area contributed by atoms with Crippen LogP contribution in [0.4, 0.5) is 5.69 Å². The fraction of sp³-hybridized carbons (Fsp3) is 0. The molecule has 0 radical (unpaired) electrons. The van der Waals surface area contributed by atoms with E-state index in [0.29, 0.717) is 0 Å². The Morgan fingerprint density at radius 2 is 2.08 bits per heavy atom. The summed E-state index contributed by atoms with van der Waals surface area (Å²) in [5, 5.41) is 0.966. The zero-order valence-electron chi connectivity index (χ0n) is 6.45. The van der Waals surface area contributed by atoms with Crippen molar-refractivity contribution in [3.05, 3.63) is 22.9 Å². The van der Waals surface area contributed by atoms with Gasteiger partial charge in [0.05, 0.1) is 0 Å². The van der Waals surface area contributed by atoms with Gasteiger partial charge >= 0.3 is 0 Å². The van der Waals surface area contributed by atoms with Crippen LogP contribution < -0.4 is 5.73 Å². The SMILES string of the molecule is Cl.Cl.Nc1cc(Br)nc2[nH]ccc12. The van der Waals surface area contributed by atoms with Gasteiger partial charge in [0.2, 0.25) is 0 Å². The van der Waals surface area contributed by atoms with Gasteiger partial charge in [0.1, 0.15) is 10.3 Å². The molecule has 0 fully saturated rings. The first-order valence-electron chi connectivity index (χ1n) is 3.16. The van der Waals surface area contributed by atoms with E-state index >= 15 is 0 Å². The molecule has 0 atom stereocenters. The van der Waals surface area contributed by atoms with E-state index in [9.17, 15) is 0 Å². The number of hydrogen-bond donors (Lipinski definition) is 2. The number of H-pyrrole nitrogens is 1. The van der Waals surface area contributed by atoms with Crippen molar-refractivity contribution in [3.63, 3.8) is 0 Å². The van der Waals surface area contributed by atoms with Crippen LogP contribution in [-0.2, 0) is 0 Å². The van der Waals surface area contributed by atoms with Crippen LogP contribution in [0.25, 0.3) is 11.0 Å². The summed E-state index contributed by atoms with van der Waals surface area (Å²) >= 11 is 3.26. The molecule has 0 aliphatic heterocycles. The molecule has 2 heterocycles. The number of nitrogens with zero attached hydrogens (tertiary/aromatic N) is 1. The van der Waals surface area contributed by atoms with Gasteiger partial charge in [-0.2, -0.15) is 0 Å². The lowest BCUT2D eigenvalue weighted by atomic mass is 10.3. The quantitative estimate of drug-likeness (QED) is 0.731. The van der Waals surface area contributed by atoms with Gasteiger partial charge in [0, 0.05) is 17.3 Å². The Kier molecular flexibility index (Phi) is 4.53. The zero-order chi connectivity index (χ0) is 7.84. The molecule has 0 bridgehead atoms. The second kappa shape index (κ2) is 4.69. The highest BCUT2D eigenvalue weighted by Crippen LogP contribution is 2.21. The van der Waals surface area contributed by atoms with Gasteiger partial charge < -0.3 is 10.7 Å². The number of halogens is 3. The van der Waals surface area contributed by atoms with Crippen LogP contribution in [0.2, 0.25) is 0 Å². The van der Waals surface area contributed by atoms with Gasteiger partial charge in [0.25, 0.3) is 0 Å². The van der Waals surface area contributed by atoms with Crippen molar-refractivity contribution in [3.8, 4) is 0 Å². The number of pyridine rings is 1. The summed E-state index contributed by atoms with van der Waals surface area (Å²) in [4.78, 5) is 7.16. The number of anilines is 1. The molecular weight excluding hydrogens is 277 g/mol. The predicted molar refractivity (Wildman–Crippen MR) is 62.7 cm³/mol. The lowest BCUT2D eigenvalue weighted by molar-refractivity contribution is 1.29. The number of nitrogens with one attached hydrogen (secondary N) is 1. The molecule has 3 N–H and O–H groups in total. The zero-order valence-corrected chi connectivity index (χ0v) is 9.67. The normalized spacial score (nSPS) is 9.00. The smallest absolute Gasteiger partial charge is 0.140 e. The molecule has 2 rings (SSSR count). The van der Waals surface area contributed by atoms with Gasteiger partial charge in [-0.05, 0) is 28.1 Å². The Labute approximate surface area is 96.1 Å². The highest BCUT2D eigenvalue weighted by Gasteiger charge is 2.00. The molecule has 0 aliphatic carbocycles. The monoisotopic (exact) mass is 283 g/mol. The highest BCUT2D eigenvalue weighted by atomic mass is 79.9. The highest BCUT2D eigenvalue weighted by molar-refractivity contribution is 9.10. The van der Waals surface area contributed by atoms with E-state index in [1.807, 2.05) is 12.3 Å². The van der Waals surface area contributed by atoms with Gasteiger partial charge in [0.15, 0.2) is 0 Å². The van der Waals surface area contributed by atoms with Crippen LogP contribution >= 0.6 is 40.7 Å². The lowest BCUT2D eigenvalue weighted by Crippen LogP contribution is -1.87. The maximum absolute atomic E-state index is 5.71. The summed E-state index contributed by atoms with van der Waals surface area (Å²) in [5.41, 5.74) is 7.27. The molecule has 0 unspecified atom stereocenters. The maximum Gasteiger partial charge on any atom is 0.140 e. The van der Waals surface area contributed by atoms with Crippen LogP contribution in [0.1, 0.15) is 0 Å². The third-order valence-electron chi connectivity index (χ3n) is 1.53. The molecule has 0 amide bonds. The van der Waals surface area contributed by atoms with Crippen molar-refractivity contribution in [2.24, 2.45) is 0 Å². The molecule has 0 saturated heterocycles. The number of nitrogens with two attached hydrogens (primary N) is 1. The second-order valence-corrected chi connectivity index (χ2v) is 3.09. The Morgan fingerprint density at radius 1 is 1.38 bits per heavy atom. The molecule has 0 saturated carbocycles. The average Bonchev–Trinajstić information content (AvgIpc) is 2.34. The summed E-state index contributed by atoms with van der Waals surface area (Å²) in [7, 11) is 0. The van der Waals surface area contributed by atoms with Crippen LogP contribution in [-0.4, -0.2) is 9.97 Å². The Bertz CT molecular complexity index is 402. The van der Waals surface area contributed by atoms with Crippen molar-refractivity contribution < 1.29 is 0 Å². The van der Waals surface area contributed by atoms with Crippen LogP contribution in [0.3, 0.4) is 0 Å². The molecule has 2 aromatic heterocycles. The molecule has 72 valence electrons. The fourth-order valence-corrected chi connectivity index (χ4v) is 1.46. The number of nitrogen functional groups attached to an aromatic ring is 1. The first-order chi connectivity index (χ1) is 5.27. The first kappa shape index (κ1) is 12.6. The molecular formula is C7H8BrCl2N3. The van der Waals surface area contributed by atoms with Crippen molar-refractivity contribution in [1.82, 2.24) is 9.97 Å². The van der Waals surface area contributed by atoms with E-state index < -0.39 is 0 Å². The summed E-state index contributed by atoms with van der Waals surface area (Å²) < 4.78 is 0.755. The Balaban J connectivity index is 0.000000720. The van der Waals surface area contributed by atoms with Crippen molar-refractivity contribution in [2.45, 2.75) is 0 Å². The van der Waals surface area contributed by atoms with Crippen LogP contribution in [0, 0.1) is 0 Å². The van der Waals surface area contributed by atoms with E-state index in [-0.39, 0.29) is 24.8 Å². The van der Waals surface area contributed by atoms with E-state index in [0.717, 1.165) is 21.3 Å². The third kappa shape index (κ3) is 2.27.